The van der Waals surface area contributed by atoms with Gasteiger partial charge in [-0.1, -0.05) is 32.9 Å². The van der Waals surface area contributed by atoms with E-state index in [4.69, 9.17) is 11.5 Å². The van der Waals surface area contributed by atoms with Gasteiger partial charge in [0.15, 0.2) is 0 Å². The van der Waals surface area contributed by atoms with E-state index in [0.29, 0.717) is 11.5 Å². The third kappa shape index (κ3) is 6.74. The zero-order chi connectivity index (χ0) is 17.6. The molecule has 0 aromatic heterocycles. The molecule has 128 valence electrons. The van der Waals surface area contributed by atoms with Crippen molar-refractivity contribution >= 4 is 35.3 Å². The number of thioether (sulfide) groups is 2. The molecular weight excluding hydrogens is 332 g/mol. The van der Waals surface area contributed by atoms with E-state index in [1.165, 1.54) is 23.5 Å². The lowest BCUT2D eigenvalue weighted by molar-refractivity contribution is -0.116. The SMILES string of the molecule is CC(C)(C)c1cc(CSCC(N)=O)cc(CSCC(N)=O)c1O. The fourth-order valence-electron chi connectivity index (χ4n) is 2.06. The molecule has 1 aromatic rings. The lowest BCUT2D eigenvalue weighted by Crippen LogP contribution is -2.15. The summed E-state index contributed by atoms with van der Waals surface area (Å²) in [4.78, 5) is 21.7. The Hall–Kier alpha value is -1.34. The van der Waals surface area contributed by atoms with Crippen molar-refractivity contribution in [1.82, 2.24) is 0 Å². The fourth-order valence-corrected chi connectivity index (χ4v) is 3.51. The first kappa shape index (κ1) is 19.7. The molecular formula is C16H24N2O3S2. The number of phenols is 1. The molecule has 2 amide bonds. The molecule has 0 bridgehead atoms. The summed E-state index contributed by atoms with van der Waals surface area (Å²) in [6.07, 6.45) is 0. The van der Waals surface area contributed by atoms with E-state index in [2.05, 4.69) is 0 Å². The Morgan fingerprint density at radius 1 is 1.04 bits per heavy atom. The molecule has 5 nitrogen and oxygen atoms in total. The number of benzene rings is 1. The second kappa shape index (κ2) is 8.49. The zero-order valence-corrected chi connectivity index (χ0v) is 15.4. The molecule has 0 unspecified atom stereocenters. The molecule has 1 aromatic carbocycles. The van der Waals surface area contributed by atoms with Crippen molar-refractivity contribution in [2.24, 2.45) is 11.5 Å². The Kier molecular flexibility index (Phi) is 7.28. The summed E-state index contributed by atoms with van der Waals surface area (Å²) >= 11 is 2.81. The maximum atomic E-state index is 10.9. The normalized spacial score (nSPS) is 11.4. The molecule has 1 rings (SSSR count). The number of nitrogens with two attached hydrogens (primary N) is 2. The van der Waals surface area contributed by atoms with E-state index in [0.717, 1.165) is 16.7 Å². The topological polar surface area (TPSA) is 106 Å². The first-order chi connectivity index (χ1) is 10.6. The van der Waals surface area contributed by atoms with Crippen molar-refractivity contribution < 1.29 is 14.7 Å². The van der Waals surface area contributed by atoms with Crippen molar-refractivity contribution in [3.05, 3.63) is 28.8 Å². The second-order valence-electron chi connectivity index (χ2n) is 6.32. The fraction of sp³-hybridized carbons (Fsp3) is 0.500. The maximum absolute atomic E-state index is 10.9. The van der Waals surface area contributed by atoms with Crippen molar-refractivity contribution in [3.8, 4) is 5.75 Å². The van der Waals surface area contributed by atoms with Gasteiger partial charge in [-0.25, -0.2) is 0 Å². The van der Waals surface area contributed by atoms with E-state index >= 15 is 0 Å². The molecule has 7 heteroatoms. The number of hydrogen-bond acceptors (Lipinski definition) is 5. The maximum Gasteiger partial charge on any atom is 0.227 e. The minimum absolute atomic E-state index is 0.211. The van der Waals surface area contributed by atoms with Crippen LogP contribution in [-0.2, 0) is 26.5 Å². The number of hydrogen-bond donors (Lipinski definition) is 3. The highest BCUT2D eigenvalue weighted by Crippen LogP contribution is 2.36. The van der Waals surface area contributed by atoms with Gasteiger partial charge in [0.05, 0.1) is 11.5 Å². The van der Waals surface area contributed by atoms with E-state index < -0.39 is 0 Å². The molecule has 0 aliphatic carbocycles. The predicted molar refractivity (Wildman–Crippen MR) is 97.5 cm³/mol. The number of primary amides is 2. The van der Waals surface area contributed by atoms with Crippen LogP contribution >= 0.6 is 23.5 Å². The molecule has 23 heavy (non-hydrogen) atoms. The van der Waals surface area contributed by atoms with E-state index in [-0.39, 0.29) is 34.5 Å². The van der Waals surface area contributed by atoms with Gasteiger partial charge < -0.3 is 16.6 Å². The number of amides is 2. The van der Waals surface area contributed by atoms with Gasteiger partial charge in [0.1, 0.15) is 5.75 Å². The molecule has 0 fully saturated rings. The van der Waals surface area contributed by atoms with E-state index in [9.17, 15) is 14.7 Å². The molecule has 0 heterocycles. The molecule has 0 radical (unpaired) electrons. The molecule has 0 saturated heterocycles. The Morgan fingerprint density at radius 2 is 1.57 bits per heavy atom. The summed E-state index contributed by atoms with van der Waals surface area (Å²) in [6.45, 7) is 6.09. The zero-order valence-electron chi connectivity index (χ0n) is 13.7. The van der Waals surface area contributed by atoms with Crippen LogP contribution in [0.25, 0.3) is 0 Å². The van der Waals surface area contributed by atoms with Crippen LogP contribution < -0.4 is 11.5 Å². The monoisotopic (exact) mass is 356 g/mol. The van der Waals surface area contributed by atoms with Crippen LogP contribution in [-0.4, -0.2) is 28.4 Å². The molecule has 5 N–H and O–H groups in total. The summed E-state index contributed by atoms with van der Waals surface area (Å²) in [6, 6.07) is 3.87. The van der Waals surface area contributed by atoms with Crippen LogP contribution in [0.5, 0.6) is 5.75 Å². The van der Waals surface area contributed by atoms with Crippen LogP contribution in [0.15, 0.2) is 12.1 Å². The lowest BCUT2D eigenvalue weighted by Gasteiger charge is -2.23. The van der Waals surface area contributed by atoms with Crippen LogP contribution in [0.1, 0.15) is 37.5 Å². The van der Waals surface area contributed by atoms with Crippen molar-refractivity contribution in [2.75, 3.05) is 11.5 Å². The standard InChI is InChI=1S/C16H24N2O3S2/c1-16(2,3)12-5-10(6-22-8-13(17)19)4-11(15(12)21)7-23-9-14(18)20/h4-5,21H,6-9H2,1-3H3,(H2,17,19)(H2,18,20). The smallest absolute Gasteiger partial charge is 0.227 e. The highest BCUT2D eigenvalue weighted by molar-refractivity contribution is 7.99. The van der Waals surface area contributed by atoms with E-state index in [1.807, 2.05) is 32.9 Å². The molecule has 0 saturated carbocycles. The van der Waals surface area contributed by atoms with Crippen LogP contribution in [0.4, 0.5) is 0 Å². The Morgan fingerprint density at radius 3 is 2.04 bits per heavy atom. The highest BCUT2D eigenvalue weighted by atomic mass is 32.2. The number of carbonyl (C=O) groups excluding carboxylic acids is 2. The van der Waals surface area contributed by atoms with Gasteiger partial charge in [-0.3, -0.25) is 9.59 Å². The Labute approximate surface area is 145 Å². The minimum Gasteiger partial charge on any atom is -0.507 e. The summed E-state index contributed by atoms with van der Waals surface area (Å²) in [5.74, 6) is 1.16. The first-order valence-corrected chi connectivity index (χ1v) is 9.49. The van der Waals surface area contributed by atoms with E-state index in [1.54, 1.807) is 0 Å². The van der Waals surface area contributed by atoms with Gasteiger partial charge in [0.2, 0.25) is 11.8 Å². The summed E-state index contributed by atoms with van der Waals surface area (Å²) < 4.78 is 0. The molecule has 0 aliphatic heterocycles. The highest BCUT2D eigenvalue weighted by Gasteiger charge is 2.21. The Balaban J connectivity index is 3.01. The average molecular weight is 357 g/mol. The second-order valence-corrected chi connectivity index (χ2v) is 8.29. The average Bonchev–Trinajstić information content (AvgIpc) is 2.39. The summed E-state index contributed by atoms with van der Waals surface area (Å²) in [5, 5.41) is 10.5. The molecule has 0 atom stereocenters. The van der Waals surface area contributed by atoms with Gasteiger partial charge in [0.25, 0.3) is 0 Å². The molecule has 0 spiro atoms. The van der Waals surface area contributed by atoms with Crippen molar-refractivity contribution in [3.63, 3.8) is 0 Å². The van der Waals surface area contributed by atoms with Gasteiger partial charge in [-0.15, -0.1) is 23.5 Å². The van der Waals surface area contributed by atoms with Gasteiger partial charge in [0, 0.05) is 17.1 Å². The van der Waals surface area contributed by atoms with Crippen LogP contribution in [0.3, 0.4) is 0 Å². The van der Waals surface area contributed by atoms with Crippen molar-refractivity contribution in [1.29, 1.82) is 0 Å². The first-order valence-electron chi connectivity index (χ1n) is 7.18. The van der Waals surface area contributed by atoms with Gasteiger partial charge >= 0.3 is 0 Å². The third-order valence-corrected chi connectivity index (χ3v) is 5.10. The minimum atomic E-state index is -0.376. The summed E-state index contributed by atoms with van der Waals surface area (Å²) in [5.41, 5.74) is 12.7. The van der Waals surface area contributed by atoms with Crippen LogP contribution in [0.2, 0.25) is 0 Å². The predicted octanol–water partition coefficient (Wildman–Crippen LogP) is 2.13. The quantitative estimate of drug-likeness (QED) is 0.661. The van der Waals surface area contributed by atoms with Gasteiger partial charge in [-0.05, 0) is 16.5 Å². The van der Waals surface area contributed by atoms with Crippen LogP contribution in [0, 0.1) is 0 Å². The summed E-state index contributed by atoms with van der Waals surface area (Å²) in [7, 11) is 0. The molecule has 0 aliphatic rings. The lowest BCUT2D eigenvalue weighted by atomic mass is 9.84. The number of aromatic hydroxyl groups is 1. The number of rotatable bonds is 8. The largest absolute Gasteiger partial charge is 0.507 e. The van der Waals surface area contributed by atoms with Crippen molar-refractivity contribution in [2.45, 2.75) is 37.7 Å². The number of carbonyl (C=O) groups is 2. The van der Waals surface area contributed by atoms with Gasteiger partial charge in [-0.2, -0.15) is 0 Å². The third-order valence-electron chi connectivity index (χ3n) is 3.07. The Bertz CT molecular complexity index is 583. The number of phenolic OH excluding ortho intramolecular Hbond substituents is 1.